The van der Waals surface area contributed by atoms with Crippen LogP contribution in [0.25, 0.3) is 0 Å². The molecule has 3 aliphatic heterocycles. The van der Waals surface area contributed by atoms with Gasteiger partial charge in [0.05, 0.1) is 17.4 Å². The van der Waals surface area contributed by atoms with Crippen LogP contribution in [0.1, 0.15) is 39.0 Å². The van der Waals surface area contributed by atoms with Crippen molar-refractivity contribution in [3.8, 4) is 0 Å². The highest BCUT2D eigenvalue weighted by Crippen LogP contribution is 2.60. The Morgan fingerprint density at radius 1 is 1.11 bits per heavy atom. The van der Waals surface area contributed by atoms with Crippen molar-refractivity contribution in [2.75, 3.05) is 10.2 Å². The van der Waals surface area contributed by atoms with Gasteiger partial charge in [-0.2, -0.15) is 0 Å². The number of aromatic nitrogens is 1. The van der Waals surface area contributed by atoms with Gasteiger partial charge < -0.3 is 19.9 Å². The summed E-state index contributed by atoms with van der Waals surface area (Å²) in [5, 5.41) is 9.63. The predicted molar refractivity (Wildman–Crippen MR) is 129 cm³/mol. The third-order valence-corrected chi connectivity index (χ3v) is 6.98. The van der Waals surface area contributed by atoms with Crippen LogP contribution in [0.5, 0.6) is 0 Å². The first-order valence-electron chi connectivity index (χ1n) is 11.7. The Morgan fingerprint density at radius 3 is 2.46 bits per heavy atom. The molecule has 184 valence electrons. The summed E-state index contributed by atoms with van der Waals surface area (Å²) in [6.45, 7) is 11.0. The van der Waals surface area contributed by atoms with E-state index in [0.717, 1.165) is 5.56 Å². The second kappa shape index (κ2) is 7.52. The predicted octanol–water partition coefficient (Wildman–Crippen LogP) is 2.89. The summed E-state index contributed by atoms with van der Waals surface area (Å²) >= 11 is 0. The largest absolute Gasteiger partial charge is 0.360 e. The van der Waals surface area contributed by atoms with E-state index in [1.165, 1.54) is 4.90 Å². The van der Waals surface area contributed by atoms with E-state index in [1.807, 2.05) is 52.0 Å². The molecule has 9 nitrogen and oxygen atoms in total. The molecule has 2 fully saturated rings. The van der Waals surface area contributed by atoms with E-state index in [9.17, 15) is 14.4 Å². The van der Waals surface area contributed by atoms with Crippen molar-refractivity contribution in [3.05, 3.63) is 53.8 Å². The summed E-state index contributed by atoms with van der Waals surface area (Å²) in [6, 6.07) is 8.03. The summed E-state index contributed by atoms with van der Waals surface area (Å²) in [4.78, 5) is 42.9. The van der Waals surface area contributed by atoms with Crippen LogP contribution in [-0.4, -0.2) is 45.7 Å². The molecule has 3 amide bonds. The van der Waals surface area contributed by atoms with E-state index in [2.05, 4.69) is 15.8 Å². The van der Waals surface area contributed by atoms with Crippen molar-refractivity contribution in [2.45, 2.75) is 64.3 Å². The molecule has 5 atom stereocenters. The molecule has 9 heteroatoms. The number of ether oxygens (including phenoxy) is 1. The number of carbonyl (C=O) groups is 3. The van der Waals surface area contributed by atoms with Crippen LogP contribution in [0.15, 0.2) is 47.0 Å². The minimum atomic E-state index is -1.29. The normalized spacial score (nSPS) is 31.1. The lowest BCUT2D eigenvalue weighted by Gasteiger charge is -2.35. The van der Waals surface area contributed by atoms with Gasteiger partial charge in [0, 0.05) is 17.3 Å². The Kier molecular flexibility index (Phi) is 5.00. The fourth-order valence-electron chi connectivity index (χ4n) is 5.69. The minimum absolute atomic E-state index is 0.264. The number of nitrogens with zero attached hydrogens (tertiary/aromatic N) is 2. The SMILES string of the molecule is Cc1cc(NC(=O)[C@@H]2[C@@H]3C(=O)N(c4ccccc4C)[C@H](C(=O)NC(C)(C)C)[C@]34C=C[C@@]2(C)O4)no1. The lowest BCUT2D eigenvalue weighted by molar-refractivity contribution is -0.131. The highest BCUT2D eigenvalue weighted by molar-refractivity contribution is 6.11. The summed E-state index contributed by atoms with van der Waals surface area (Å²) in [7, 11) is 0. The number of aryl methyl sites for hydroxylation is 2. The van der Waals surface area contributed by atoms with E-state index in [4.69, 9.17) is 9.26 Å². The third-order valence-electron chi connectivity index (χ3n) is 6.98. The van der Waals surface area contributed by atoms with E-state index in [0.29, 0.717) is 11.4 Å². The maximum atomic E-state index is 14.1. The molecule has 1 aromatic heterocycles. The van der Waals surface area contributed by atoms with Gasteiger partial charge in [-0.1, -0.05) is 35.5 Å². The lowest BCUT2D eigenvalue weighted by Crippen LogP contribution is -2.58. The van der Waals surface area contributed by atoms with Crippen LogP contribution >= 0.6 is 0 Å². The van der Waals surface area contributed by atoms with Crippen LogP contribution < -0.4 is 15.5 Å². The highest BCUT2D eigenvalue weighted by Gasteiger charge is 2.76. The summed E-state index contributed by atoms with van der Waals surface area (Å²) < 4.78 is 11.6. The van der Waals surface area contributed by atoms with E-state index in [1.54, 1.807) is 32.1 Å². The van der Waals surface area contributed by atoms with Crippen molar-refractivity contribution in [1.82, 2.24) is 10.5 Å². The molecule has 0 aliphatic carbocycles. The summed E-state index contributed by atoms with van der Waals surface area (Å²) in [5.41, 5.74) is -1.41. The first kappa shape index (κ1) is 23.3. The molecule has 0 saturated carbocycles. The zero-order chi connectivity index (χ0) is 25.3. The number of hydrogen-bond donors (Lipinski definition) is 2. The van der Waals surface area contributed by atoms with Gasteiger partial charge in [0.1, 0.15) is 17.4 Å². The molecule has 5 rings (SSSR count). The fourth-order valence-corrected chi connectivity index (χ4v) is 5.69. The second-order valence-corrected chi connectivity index (χ2v) is 10.9. The Morgan fingerprint density at radius 2 is 1.83 bits per heavy atom. The maximum Gasteiger partial charge on any atom is 0.246 e. The first-order valence-corrected chi connectivity index (χ1v) is 11.7. The maximum absolute atomic E-state index is 14.1. The average molecular weight is 479 g/mol. The standard InChI is InChI=1S/C26H30N4O5/c1-14-9-7-8-10-16(14)30-20(22(32)28-24(3,4)5)26-12-11-25(6,35-26)18(19(26)23(30)33)21(31)27-17-13-15(2)34-29-17/h7-13,18-20H,1-6H3,(H,28,32)(H,27,29,31)/t18-,19+,20+,25+,26-/m0/s1. The van der Waals surface area contributed by atoms with Gasteiger partial charge in [0.25, 0.3) is 0 Å². The number of nitrogens with one attached hydrogen (secondary N) is 2. The monoisotopic (exact) mass is 478 g/mol. The Labute approximate surface area is 203 Å². The fraction of sp³-hybridized carbons (Fsp3) is 0.462. The zero-order valence-electron chi connectivity index (χ0n) is 20.7. The second-order valence-electron chi connectivity index (χ2n) is 10.9. The number of anilines is 2. The van der Waals surface area contributed by atoms with Crippen LogP contribution in [0.2, 0.25) is 0 Å². The lowest BCUT2D eigenvalue weighted by atomic mass is 9.70. The van der Waals surface area contributed by atoms with Gasteiger partial charge in [-0.3, -0.25) is 19.3 Å². The number of hydrogen-bond acceptors (Lipinski definition) is 6. The molecule has 3 aliphatic rings. The van der Waals surface area contributed by atoms with Crippen LogP contribution in [0.4, 0.5) is 11.5 Å². The first-order chi connectivity index (χ1) is 16.4. The van der Waals surface area contributed by atoms with Gasteiger partial charge in [0.2, 0.25) is 17.7 Å². The van der Waals surface area contributed by atoms with Crippen molar-refractivity contribution in [2.24, 2.45) is 11.8 Å². The van der Waals surface area contributed by atoms with Crippen LogP contribution in [0.3, 0.4) is 0 Å². The smallest absolute Gasteiger partial charge is 0.246 e. The molecule has 0 radical (unpaired) electrons. The Balaban J connectivity index is 1.61. The number of rotatable bonds is 4. The molecule has 1 spiro atoms. The van der Waals surface area contributed by atoms with E-state index in [-0.39, 0.29) is 17.6 Å². The van der Waals surface area contributed by atoms with Crippen molar-refractivity contribution in [3.63, 3.8) is 0 Å². The van der Waals surface area contributed by atoms with Crippen molar-refractivity contribution in [1.29, 1.82) is 0 Å². The van der Waals surface area contributed by atoms with Gasteiger partial charge in [0.15, 0.2) is 5.82 Å². The molecule has 4 heterocycles. The number of fused-ring (bicyclic) bond motifs is 1. The van der Waals surface area contributed by atoms with E-state index < -0.39 is 40.5 Å². The molecule has 2 saturated heterocycles. The molecule has 0 unspecified atom stereocenters. The molecule has 2 bridgehead atoms. The number of amides is 3. The average Bonchev–Trinajstić information content (AvgIpc) is 3.44. The van der Waals surface area contributed by atoms with Gasteiger partial charge in [-0.25, -0.2) is 0 Å². The third kappa shape index (κ3) is 3.48. The Hall–Kier alpha value is -3.46. The quantitative estimate of drug-likeness (QED) is 0.654. The molecular weight excluding hydrogens is 448 g/mol. The topological polar surface area (TPSA) is 114 Å². The van der Waals surface area contributed by atoms with Crippen LogP contribution in [0, 0.1) is 25.7 Å². The molecule has 1 aromatic carbocycles. The number of carbonyl (C=O) groups excluding carboxylic acids is 3. The van der Waals surface area contributed by atoms with Crippen molar-refractivity contribution >= 4 is 29.2 Å². The van der Waals surface area contributed by atoms with Crippen LogP contribution in [-0.2, 0) is 19.1 Å². The molecule has 35 heavy (non-hydrogen) atoms. The minimum Gasteiger partial charge on any atom is -0.360 e. The van der Waals surface area contributed by atoms with Gasteiger partial charge in [-0.15, -0.1) is 0 Å². The molecular formula is C26H30N4O5. The van der Waals surface area contributed by atoms with Gasteiger partial charge in [-0.05, 0) is 53.2 Å². The number of para-hydroxylation sites is 1. The number of benzene rings is 1. The summed E-state index contributed by atoms with van der Waals surface area (Å²) in [6.07, 6.45) is 3.60. The molecule has 2 N–H and O–H groups in total. The highest BCUT2D eigenvalue weighted by atomic mass is 16.5. The zero-order valence-corrected chi connectivity index (χ0v) is 20.7. The summed E-state index contributed by atoms with van der Waals surface area (Å²) in [5.74, 6) is -2.01. The molecule has 2 aromatic rings. The Bertz CT molecular complexity index is 1260. The van der Waals surface area contributed by atoms with Crippen molar-refractivity contribution < 1.29 is 23.6 Å². The van der Waals surface area contributed by atoms with E-state index >= 15 is 0 Å². The van der Waals surface area contributed by atoms with Gasteiger partial charge >= 0.3 is 0 Å².